The van der Waals surface area contributed by atoms with Crippen molar-refractivity contribution in [2.24, 2.45) is 0 Å². The van der Waals surface area contributed by atoms with Gasteiger partial charge in [-0.3, -0.25) is 9.59 Å². The van der Waals surface area contributed by atoms with Gasteiger partial charge in [-0.05, 0) is 84.5 Å². The Morgan fingerprint density at radius 3 is 2.47 bits per heavy atom. The smallest absolute Gasteiger partial charge is 0.254 e. The van der Waals surface area contributed by atoms with E-state index in [1.54, 1.807) is 28.4 Å². The highest BCUT2D eigenvalue weighted by molar-refractivity contribution is 7.10. The third-order valence-corrected chi connectivity index (χ3v) is 8.29. The van der Waals surface area contributed by atoms with Crippen LogP contribution in [0.5, 0.6) is 0 Å². The summed E-state index contributed by atoms with van der Waals surface area (Å²) in [6.45, 7) is 2.85. The number of hydrogen-bond donors (Lipinski definition) is 0. The van der Waals surface area contributed by atoms with Crippen molar-refractivity contribution in [1.82, 2.24) is 9.80 Å². The van der Waals surface area contributed by atoms with Crippen molar-refractivity contribution in [3.8, 4) is 0 Å². The van der Waals surface area contributed by atoms with E-state index in [4.69, 9.17) is 0 Å². The lowest BCUT2D eigenvalue weighted by Gasteiger charge is -2.37. The summed E-state index contributed by atoms with van der Waals surface area (Å²) in [5, 5.41) is 2.06. The molecule has 0 N–H and O–H groups in total. The van der Waals surface area contributed by atoms with Crippen LogP contribution in [-0.2, 0) is 17.6 Å². The van der Waals surface area contributed by atoms with Gasteiger partial charge in [-0.15, -0.1) is 11.3 Å². The zero-order chi connectivity index (χ0) is 25.1. The van der Waals surface area contributed by atoms with Crippen molar-refractivity contribution in [3.63, 3.8) is 0 Å². The van der Waals surface area contributed by atoms with Crippen LogP contribution < -0.4 is 0 Å². The fourth-order valence-electron chi connectivity index (χ4n) is 5.14. The van der Waals surface area contributed by atoms with E-state index in [1.165, 1.54) is 35.4 Å². The Hall–Kier alpha value is -2.99. The average molecular weight is 505 g/mol. The van der Waals surface area contributed by atoms with Crippen LogP contribution in [0.25, 0.3) is 0 Å². The Morgan fingerprint density at radius 1 is 1.03 bits per heavy atom. The van der Waals surface area contributed by atoms with Crippen LogP contribution in [0.3, 0.4) is 0 Å². The Balaban J connectivity index is 1.34. The molecule has 1 aliphatic carbocycles. The molecule has 4 nitrogen and oxygen atoms in total. The lowest BCUT2D eigenvalue weighted by atomic mass is 9.93. The van der Waals surface area contributed by atoms with Crippen LogP contribution in [0.15, 0.2) is 60.0 Å². The third kappa shape index (κ3) is 5.39. The maximum atomic E-state index is 13.7. The van der Waals surface area contributed by atoms with Gasteiger partial charge >= 0.3 is 0 Å². The number of unbranched alkanes of at least 4 members (excludes halogenated alkanes) is 2. The average Bonchev–Trinajstić information content (AvgIpc) is 3.63. The fourth-order valence-corrected chi connectivity index (χ4v) is 6.04. The minimum absolute atomic E-state index is 0.0578. The summed E-state index contributed by atoms with van der Waals surface area (Å²) >= 11 is 1.70. The van der Waals surface area contributed by atoms with E-state index in [1.807, 2.05) is 29.2 Å². The van der Waals surface area contributed by atoms with Crippen molar-refractivity contribution >= 4 is 23.2 Å². The maximum Gasteiger partial charge on any atom is 0.254 e. The van der Waals surface area contributed by atoms with Crippen molar-refractivity contribution in [2.75, 3.05) is 13.1 Å². The molecule has 6 heteroatoms. The third-order valence-electron chi connectivity index (χ3n) is 7.30. The van der Waals surface area contributed by atoms with Crippen LogP contribution in [0, 0.1) is 5.82 Å². The Labute approximate surface area is 216 Å². The Bertz CT molecular complexity index is 1200. The normalized spacial score (nSPS) is 17.1. The van der Waals surface area contributed by atoms with Gasteiger partial charge in [0.2, 0.25) is 5.91 Å². The van der Waals surface area contributed by atoms with E-state index in [-0.39, 0.29) is 36.3 Å². The van der Waals surface area contributed by atoms with Crippen LogP contribution in [0.4, 0.5) is 4.39 Å². The second-order valence-corrected chi connectivity index (χ2v) is 10.9. The molecule has 2 aliphatic rings. The van der Waals surface area contributed by atoms with E-state index in [0.29, 0.717) is 12.1 Å². The number of nitrogens with zero attached hydrogens (tertiary/aromatic N) is 2. The topological polar surface area (TPSA) is 40.6 Å². The molecule has 188 valence electrons. The van der Waals surface area contributed by atoms with E-state index in [0.717, 1.165) is 43.2 Å². The highest BCUT2D eigenvalue weighted by Gasteiger charge is 2.38. The summed E-state index contributed by atoms with van der Waals surface area (Å²) in [6, 6.07) is 16.3. The summed E-state index contributed by atoms with van der Waals surface area (Å²) in [5.74, 6) is -0.421. The molecular formula is C30H33FN2O2S. The first-order valence-corrected chi connectivity index (χ1v) is 13.9. The van der Waals surface area contributed by atoms with Gasteiger partial charge in [-0.2, -0.15) is 0 Å². The summed E-state index contributed by atoms with van der Waals surface area (Å²) in [5.41, 5.74) is 3.89. The highest BCUT2D eigenvalue weighted by atomic mass is 32.1. The van der Waals surface area contributed by atoms with Crippen molar-refractivity contribution in [2.45, 2.75) is 64.0 Å². The quantitative estimate of drug-likeness (QED) is 0.317. The van der Waals surface area contributed by atoms with Gasteiger partial charge < -0.3 is 9.80 Å². The summed E-state index contributed by atoms with van der Waals surface area (Å²) < 4.78 is 13.6. The molecule has 1 fully saturated rings. The monoisotopic (exact) mass is 504 g/mol. The largest absolute Gasteiger partial charge is 0.330 e. The molecule has 0 saturated heterocycles. The standard InChI is InChI=1S/C30H33FN2O2S/c1-2-3-4-5-21-6-8-23(9-7-21)30(35)33(25-14-15-25)20-28(34)32-18-16-27-26(17-19-36-27)29(32)22-10-12-24(31)13-11-22/h6-13,17,19,25,29H,2-5,14-16,18,20H2,1H3. The predicted molar refractivity (Wildman–Crippen MR) is 142 cm³/mol. The zero-order valence-electron chi connectivity index (χ0n) is 20.8. The van der Waals surface area contributed by atoms with E-state index in [2.05, 4.69) is 18.4 Å². The molecule has 0 spiro atoms. The maximum absolute atomic E-state index is 13.7. The van der Waals surface area contributed by atoms with Crippen molar-refractivity contribution in [3.05, 3.63) is 92.9 Å². The first-order valence-electron chi connectivity index (χ1n) is 13.1. The van der Waals surface area contributed by atoms with E-state index >= 15 is 0 Å². The number of carbonyl (C=O) groups excluding carboxylic acids is 2. The SMILES string of the molecule is CCCCCc1ccc(C(=O)N(CC(=O)N2CCc3sccc3C2c2ccc(F)cc2)C2CC2)cc1. The molecule has 2 aromatic carbocycles. The summed E-state index contributed by atoms with van der Waals surface area (Å²) in [6.07, 6.45) is 7.25. The molecule has 0 bridgehead atoms. The van der Waals surface area contributed by atoms with Crippen LogP contribution in [0.2, 0.25) is 0 Å². The van der Waals surface area contributed by atoms with E-state index < -0.39 is 0 Å². The highest BCUT2D eigenvalue weighted by Crippen LogP contribution is 2.38. The van der Waals surface area contributed by atoms with Gasteiger partial charge in [-0.25, -0.2) is 4.39 Å². The zero-order valence-corrected chi connectivity index (χ0v) is 21.6. The van der Waals surface area contributed by atoms with Gasteiger partial charge in [-0.1, -0.05) is 44.0 Å². The number of carbonyl (C=O) groups is 2. The lowest BCUT2D eigenvalue weighted by Crippen LogP contribution is -2.47. The van der Waals surface area contributed by atoms with Crippen LogP contribution in [-0.4, -0.2) is 40.7 Å². The molecule has 36 heavy (non-hydrogen) atoms. The predicted octanol–water partition coefficient (Wildman–Crippen LogP) is 6.40. The first kappa shape index (κ1) is 24.7. The van der Waals surface area contributed by atoms with Crippen LogP contribution >= 0.6 is 11.3 Å². The molecule has 1 aromatic heterocycles. The second-order valence-electron chi connectivity index (χ2n) is 9.91. The van der Waals surface area contributed by atoms with Gasteiger partial charge in [0.25, 0.3) is 5.91 Å². The van der Waals surface area contributed by atoms with Gasteiger partial charge in [0.05, 0.1) is 6.04 Å². The number of amides is 2. The fraction of sp³-hybridized carbons (Fsp3) is 0.400. The Morgan fingerprint density at radius 2 is 1.78 bits per heavy atom. The number of hydrogen-bond acceptors (Lipinski definition) is 3. The minimum Gasteiger partial charge on any atom is -0.330 e. The number of benzene rings is 2. The number of thiophene rings is 1. The summed E-state index contributed by atoms with van der Waals surface area (Å²) in [4.78, 5) is 32.1. The van der Waals surface area contributed by atoms with Crippen molar-refractivity contribution < 1.29 is 14.0 Å². The minimum atomic E-state index is -0.292. The van der Waals surface area contributed by atoms with Gasteiger partial charge in [0.1, 0.15) is 12.4 Å². The number of fused-ring (bicyclic) bond motifs is 1. The van der Waals surface area contributed by atoms with E-state index in [9.17, 15) is 14.0 Å². The molecule has 1 atom stereocenters. The molecule has 1 unspecified atom stereocenters. The molecule has 2 amide bonds. The van der Waals surface area contributed by atoms with Crippen molar-refractivity contribution in [1.29, 1.82) is 0 Å². The Kier molecular flexibility index (Phi) is 7.51. The number of rotatable bonds is 9. The molecule has 1 saturated carbocycles. The van der Waals surface area contributed by atoms with Crippen LogP contribution in [0.1, 0.15) is 77.0 Å². The molecular weight excluding hydrogens is 471 g/mol. The number of aryl methyl sites for hydroxylation is 1. The van der Waals surface area contributed by atoms with Gasteiger partial charge in [0, 0.05) is 23.0 Å². The van der Waals surface area contributed by atoms with Gasteiger partial charge in [0.15, 0.2) is 0 Å². The molecule has 0 radical (unpaired) electrons. The molecule has 5 rings (SSSR count). The second kappa shape index (κ2) is 11.0. The number of halogens is 1. The molecule has 3 aromatic rings. The summed E-state index contributed by atoms with van der Waals surface area (Å²) in [7, 11) is 0. The molecule has 1 aliphatic heterocycles. The lowest BCUT2D eigenvalue weighted by molar-refractivity contribution is -0.134. The first-order chi connectivity index (χ1) is 17.5. The molecule has 2 heterocycles.